The Morgan fingerprint density at radius 3 is 2.60 bits per heavy atom. The minimum Gasteiger partial charge on any atom is -0.325 e. The molecule has 2 heterocycles. The molecule has 0 aromatic carbocycles. The molecular formula is C11H21N3O. The standard InChI is InChI=1S/C11H21N3O/c1-10-9-12-5-8-14(10)11(15)13-6-3-2-4-7-13/h10,12H,2-9H2,1H3/t10-/m1/s1. The summed E-state index contributed by atoms with van der Waals surface area (Å²) in [5, 5.41) is 3.31. The molecular weight excluding hydrogens is 190 g/mol. The summed E-state index contributed by atoms with van der Waals surface area (Å²) < 4.78 is 0. The number of nitrogens with zero attached hydrogens (tertiary/aromatic N) is 2. The van der Waals surface area contributed by atoms with Crippen molar-refractivity contribution in [1.29, 1.82) is 0 Å². The van der Waals surface area contributed by atoms with Crippen LogP contribution in [0.2, 0.25) is 0 Å². The Kier molecular flexibility index (Phi) is 3.46. The van der Waals surface area contributed by atoms with Crippen LogP contribution in [0.1, 0.15) is 26.2 Å². The second-order valence-corrected chi connectivity index (χ2v) is 4.58. The molecule has 0 aromatic rings. The fraction of sp³-hybridized carbons (Fsp3) is 0.909. The average molecular weight is 211 g/mol. The van der Waals surface area contributed by atoms with Crippen LogP contribution in [0.3, 0.4) is 0 Å². The van der Waals surface area contributed by atoms with E-state index in [-0.39, 0.29) is 6.03 Å². The largest absolute Gasteiger partial charge is 0.325 e. The van der Waals surface area contributed by atoms with Crippen molar-refractivity contribution >= 4 is 6.03 Å². The fourth-order valence-electron chi connectivity index (χ4n) is 2.39. The van der Waals surface area contributed by atoms with Gasteiger partial charge in [0, 0.05) is 38.8 Å². The molecule has 0 aromatic heterocycles. The molecule has 2 aliphatic rings. The molecule has 1 N–H and O–H groups in total. The maximum absolute atomic E-state index is 12.2. The van der Waals surface area contributed by atoms with Gasteiger partial charge in [0.15, 0.2) is 0 Å². The van der Waals surface area contributed by atoms with Crippen molar-refractivity contribution in [3.63, 3.8) is 0 Å². The zero-order valence-corrected chi connectivity index (χ0v) is 9.54. The Morgan fingerprint density at radius 1 is 1.20 bits per heavy atom. The molecule has 15 heavy (non-hydrogen) atoms. The van der Waals surface area contributed by atoms with Crippen molar-refractivity contribution in [2.24, 2.45) is 0 Å². The Morgan fingerprint density at radius 2 is 1.93 bits per heavy atom. The Hall–Kier alpha value is -0.770. The first-order chi connectivity index (χ1) is 7.29. The van der Waals surface area contributed by atoms with Crippen molar-refractivity contribution in [3.8, 4) is 0 Å². The number of urea groups is 1. The predicted octanol–water partition coefficient (Wildman–Crippen LogP) is 0.886. The van der Waals surface area contributed by atoms with E-state index < -0.39 is 0 Å². The Labute approximate surface area is 91.6 Å². The van der Waals surface area contributed by atoms with E-state index in [9.17, 15) is 4.79 Å². The van der Waals surface area contributed by atoms with Gasteiger partial charge in [-0.2, -0.15) is 0 Å². The van der Waals surface area contributed by atoms with Crippen molar-refractivity contribution < 1.29 is 4.79 Å². The number of piperidine rings is 1. The lowest BCUT2D eigenvalue weighted by molar-refractivity contribution is 0.118. The second kappa shape index (κ2) is 4.84. The van der Waals surface area contributed by atoms with Gasteiger partial charge in [-0.15, -0.1) is 0 Å². The van der Waals surface area contributed by atoms with E-state index in [1.165, 1.54) is 19.3 Å². The van der Waals surface area contributed by atoms with E-state index in [0.29, 0.717) is 6.04 Å². The maximum Gasteiger partial charge on any atom is 0.320 e. The van der Waals surface area contributed by atoms with Crippen molar-refractivity contribution in [2.45, 2.75) is 32.2 Å². The molecule has 2 saturated heterocycles. The lowest BCUT2D eigenvalue weighted by Gasteiger charge is -2.39. The lowest BCUT2D eigenvalue weighted by Crippen LogP contribution is -2.56. The molecule has 0 aliphatic carbocycles. The summed E-state index contributed by atoms with van der Waals surface area (Å²) in [5.74, 6) is 0. The van der Waals surface area contributed by atoms with Crippen LogP contribution in [0.4, 0.5) is 4.79 Å². The van der Waals surface area contributed by atoms with Crippen LogP contribution in [0.5, 0.6) is 0 Å². The molecule has 0 saturated carbocycles. The first-order valence-electron chi connectivity index (χ1n) is 6.05. The van der Waals surface area contributed by atoms with E-state index in [4.69, 9.17) is 0 Å². The molecule has 86 valence electrons. The summed E-state index contributed by atoms with van der Waals surface area (Å²) in [6.45, 7) is 6.75. The Bertz CT molecular complexity index is 226. The normalized spacial score (nSPS) is 27.9. The highest BCUT2D eigenvalue weighted by molar-refractivity contribution is 5.75. The van der Waals surface area contributed by atoms with E-state index in [0.717, 1.165) is 32.7 Å². The topological polar surface area (TPSA) is 35.6 Å². The first-order valence-corrected chi connectivity index (χ1v) is 6.05. The van der Waals surface area contributed by atoms with E-state index in [1.54, 1.807) is 0 Å². The molecule has 4 heteroatoms. The summed E-state index contributed by atoms with van der Waals surface area (Å²) in [6.07, 6.45) is 3.62. The molecule has 0 radical (unpaired) electrons. The zero-order valence-electron chi connectivity index (χ0n) is 9.54. The van der Waals surface area contributed by atoms with E-state index in [1.807, 2.05) is 9.80 Å². The van der Waals surface area contributed by atoms with Crippen LogP contribution < -0.4 is 5.32 Å². The maximum atomic E-state index is 12.2. The minimum absolute atomic E-state index is 0.253. The van der Waals surface area contributed by atoms with E-state index in [2.05, 4.69) is 12.2 Å². The van der Waals surface area contributed by atoms with Crippen molar-refractivity contribution in [3.05, 3.63) is 0 Å². The summed E-state index contributed by atoms with van der Waals surface area (Å²) in [7, 11) is 0. The number of hydrogen-bond donors (Lipinski definition) is 1. The molecule has 2 fully saturated rings. The fourth-order valence-corrected chi connectivity index (χ4v) is 2.39. The third kappa shape index (κ3) is 2.43. The van der Waals surface area contributed by atoms with Gasteiger partial charge in [0.1, 0.15) is 0 Å². The molecule has 0 unspecified atom stereocenters. The van der Waals surface area contributed by atoms with Crippen LogP contribution in [0.25, 0.3) is 0 Å². The number of amides is 2. The summed E-state index contributed by atoms with van der Waals surface area (Å²) in [4.78, 5) is 16.2. The number of likely N-dealkylation sites (tertiary alicyclic amines) is 1. The highest BCUT2D eigenvalue weighted by Gasteiger charge is 2.27. The summed E-state index contributed by atoms with van der Waals surface area (Å²) >= 11 is 0. The van der Waals surface area contributed by atoms with Gasteiger partial charge in [0.05, 0.1) is 0 Å². The predicted molar refractivity (Wildman–Crippen MR) is 59.9 cm³/mol. The highest BCUT2D eigenvalue weighted by atomic mass is 16.2. The van der Waals surface area contributed by atoms with Gasteiger partial charge in [-0.3, -0.25) is 0 Å². The third-order valence-corrected chi connectivity index (χ3v) is 3.37. The van der Waals surface area contributed by atoms with Crippen molar-refractivity contribution in [1.82, 2.24) is 15.1 Å². The molecule has 2 rings (SSSR count). The van der Waals surface area contributed by atoms with Crippen LogP contribution in [-0.4, -0.2) is 54.6 Å². The molecule has 2 aliphatic heterocycles. The van der Waals surface area contributed by atoms with Gasteiger partial charge < -0.3 is 15.1 Å². The van der Waals surface area contributed by atoms with Crippen LogP contribution in [-0.2, 0) is 0 Å². The van der Waals surface area contributed by atoms with Crippen molar-refractivity contribution in [2.75, 3.05) is 32.7 Å². The molecule has 0 bridgehead atoms. The van der Waals surface area contributed by atoms with Crippen LogP contribution >= 0.6 is 0 Å². The molecule has 0 spiro atoms. The number of hydrogen-bond acceptors (Lipinski definition) is 2. The van der Waals surface area contributed by atoms with Crippen LogP contribution in [0, 0.1) is 0 Å². The molecule has 4 nitrogen and oxygen atoms in total. The van der Waals surface area contributed by atoms with Gasteiger partial charge >= 0.3 is 6.03 Å². The SMILES string of the molecule is C[C@@H]1CNCCN1C(=O)N1CCCCC1. The number of nitrogens with one attached hydrogen (secondary N) is 1. The zero-order chi connectivity index (χ0) is 10.7. The Balaban J connectivity index is 1.92. The number of piperazine rings is 1. The highest BCUT2D eigenvalue weighted by Crippen LogP contribution is 2.13. The number of carbonyl (C=O) groups is 1. The number of carbonyl (C=O) groups excluding carboxylic acids is 1. The quantitative estimate of drug-likeness (QED) is 0.646. The summed E-state index contributed by atoms with van der Waals surface area (Å²) in [5.41, 5.74) is 0. The monoisotopic (exact) mass is 211 g/mol. The smallest absolute Gasteiger partial charge is 0.320 e. The number of rotatable bonds is 0. The first kappa shape index (κ1) is 10.7. The lowest BCUT2D eigenvalue weighted by atomic mass is 10.1. The van der Waals surface area contributed by atoms with E-state index >= 15 is 0 Å². The van der Waals surface area contributed by atoms with Gasteiger partial charge in [-0.1, -0.05) is 0 Å². The van der Waals surface area contributed by atoms with Gasteiger partial charge in [0.2, 0.25) is 0 Å². The molecule has 2 amide bonds. The minimum atomic E-state index is 0.253. The van der Waals surface area contributed by atoms with Gasteiger partial charge in [-0.25, -0.2) is 4.79 Å². The molecule has 1 atom stereocenters. The third-order valence-electron chi connectivity index (χ3n) is 3.37. The van der Waals surface area contributed by atoms with Gasteiger partial charge in [0.25, 0.3) is 0 Å². The summed E-state index contributed by atoms with van der Waals surface area (Å²) in [6, 6.07) is 0.594. The second-order valence-electron chi connectivity index (χ2n) is 4.58. The van der Waals surface area contributed by atoms with Crippen LogP contribution in [0.15, 0.2) is 0 Å². The van der Waals surface area contributed by atoms with Gasteiger partial charge in [-0.05, 0) is 26.2 Å². The average Bonchev–Trinajstić information content (AvgIpc) is 2.30.